The van der Waals surface area contributed by atoms with Crippen LogP contribution >= 0.6 is 11.8 Å². The highest BCUT2D eigenvalue weighted by Gasteiger charge is 2.19. The number of rotatable bonds is 7. The van der Waals surface area contributed by atoms with Crippen molar-refractivity contribution in [3.63, 3.8) is 0 Å². The number of nitrogens with one attached hydrogen (secondary N) is 2. The molecule has 0 radical (unpaired) electrons. The van der Waals surface area contributed by atoms with Gasteiger partial charge in [-0.05, 0) is 11.8 Å². The maximum absolute atomic E-state index is 12.1. The number of hydrogen-bond acceptors (Lipinski definition) is 5. The number of amides is 2. The molecule has 116 valence electrons. The Morgan fingerprint density at radius 1 is 1.24 bits per heavy atom. The van der Waals surface area contributed by atoms with Gasteiger partial charge < -0.3 is 5.32 Å². The van der Waals surface area contributed by atoms with Crippen LogP contribution in [0.25, 0.3) is 0 Å². The Labute approximate surface area is 128 Å². The van der Waals surface area contributed by atoms with Gasteiger partial charge in [-0.25, -0.2) is 8.42 Å². The molecule has 0 heterocycles. The van der Waals surface area contributed by atoms with Crippen molar-refractivity contribution in [2.24, 2.45) is 0 Å². The summed E-state index contributed by atoms with van der Waals surface area (Å²) in [6.07, 6.45) is 2.64. The lowest BCUT2D eigenvalue weighted by Gasteiger charge is -2.14. The lowest BCUT2D eigenvalue weighted by molar-refractivity contribution is -0.121. The van der Waals surface area contributed by atoms with Crippen LogP contribution in [0.15, 0.2) is 30.3 Å². The molecule has 0 aromatic heterocycles. The average Bonchev–Trinajstić information content (AvgIpc) is 2.38. The fourth-order valence-electron chi connectivity index (χ4n) is 1.67. The van der Waals surface area contributed by atoms with E-state index in [4.69, 9.17) is 0 Å². The van der Waals surface area contributed by atoms with Crippen LogP contribution in [0.1, 0.15) is 17.2 Å². The number of benzene rings is 1. The molecular weight excluding hydrogens is 312 g/mol. The molecule has 1 rings (SSSR count). The van der Waals surface area contributed by atoms with Gasteiger partial charge in [0.15, 0.2) is 0 Å². The summed E-state index contributed by atoms with van der Waals surface area (Å²) in [6, 6.07) is 9.29. The van der Waals surface area contributed by atoms with Gasteiger partial charge >= 0.3 is 0 Å². The van der Waals surface area contributed by atoms with Crippen LogP contribution in [0.5, 0.6) is 0 Å². The first-order valence-electron chi connectivity index (χ1n) is 6.19. The molecule has 6 nitrogen and oxygen atoms in total. The van der Waals surface area contributed by atoms with Gasteiger partial charge in [-0.3, -0.25) is 14.3 Å². The summed E-state index contributed by atoms with van der Waals surface area (Å²) in [5.74, 6) is -0.848. The zero-order valence-electron chi connectivity index (χ0n) is 11.8. The first kappa shape index (κ1) is 17.5. The van der Waals surface area contributed by atoms with Gasteiger partial charge in [0.2, 0.25) is 21.8 Å². The van der Waals surface area contributed by atoms with Crippen LogP contribution in [0.3, 0.4) is 0 Å². The van der Waals surface area contributed by atoms with E-state index >= 15 is 0 Å². The maximum atomic E-state index is 12.1. The molecule has 8 heteroatoms. The molecule has 0 aliphatic heterocycles. The quantitative estimate of drug-likeness (QED) is 0.767. The van der Waals surface area contributed by atoms with Gasteiger partial charge in [-0.15, -0.1) is 11.8 Å². The molecule has 0 bridgehead atoms. The van der Waals surface area contributed by atoms with Gasteiger partial charge in [-0.1, -0.05) is 30.3 Å². The van der Waals surface area contributed by atoms with E-state index in [0.29, 0.717) is 0 Å². The second kappa shape index (κ2) is 8.04. The van der Waals surface area contributed by atoms with Crippen LogP contribution in [0, 0.1) is 0 Å². The Balaban J connectivity index is 2.48. The van der Waals surface area contributed by atoms with Crippen LogP contribution in [0.2, 0.25) is 0 Å². The van der Waals surface area contributed by atoms with Crippen molar-refractivity contribution in [3.05, 3.63) is 35.9 Å². The molecule has 0 aliphatic rings. The van der Waals surface area contributed by atoms with E-state index in [1.807, 2.05) is 41.3 Å². The summed E-state index contributed by atoms with van der Waals surface area (Å²) in [4.78, 5) is 23.4. The molecule has 1 atom stereocenters. The van der Waals surface area contributed by atoms with Gasteiger partial charge in [0.1, 0.15) is 5.25 Å². The zero-order valence-corrected chi connectivity index (χ0v) is 13.5. The Bertz CT molecular complexity index is 587. The minimum absolute atomic E-state index is 0.0874. The van der Waals surface area contributed by atoms with Crippen LogP contribution < -0.4 is 10.0 Å². The predicted molar refractivity (Wildman–Crippen MR) is 83.3 cm³/mol. The minimum Gasteiger partial charge on any atom is -0.354 e. The largest absolute Gasteiger partial charge is 0.354 e. The third-order valence-corrected chi connectivity index (χ3v) is 4.08. The van der Waals surface area contributed by atoms with Crippen LogP contribution in [-0.4, -0.2) is 39.3 Å². The Morgan fingerprint density at radius 3 is 2.38 bits per heavy atom. The predicted octanol–water partition coefficient (Wildman–Crippen LogP) is 0.673. The molecule has 2 amide bonds. The minimum atomic E-state index is -3.55. The summed E-state index contributed by atoms with van der Waals surface area (Å²) >= 11 is 1.39. The van der Waals surface area contributed by atoms with Crippen molar-refractivity contribution >= 4 is 33.6 Å². The van der Waals surface area contributed by atoms with Crippen LogP contribution in [0.4, 0.5) is 0 Å². The Morgan fingerprint density at radius 2 is 1.86 bits per heavy atom. The number of thioether (sulfide) groups is 1. The molecule has 21 heavy (non-hydrogen) atoms. The number of hydrogen-bond donors (Lipinski definition) is 2. The van der Waals surface area contributed by atoms with E-state index in [9.17, 15) is 18.0 Å². The second-order valence-electron chi connectivity index (χ2n) is 4.36. The lowest BCUT2D eigenvalue weighted by Crippen LogP contribution is -2.34. The zero-order chi connectivity index (χ0) is 15.9. The van der Waals surface area contributed by atoms with Gasteiger partial charge in [0.05, 0.1) is 6.26 Å². The number of carbonyl (C=O) groups excluding carboxylic acids is 2. The van der Waals surface area contributed by atoms with Crippen molar-refractivity contribution in [3.8, 4) is 0 Å². The molecule has 0 fully saturated rings. The number of carbonyl (C=O) groups is 2. The van der Waals surface area contributed by atoms with E-state index in [1.54, 1.807) is 0 Å². The van der Waals surface area contributed by atoms with Crippen molar-refractivity contribution < 1.29 is 18.0 Å². The molecule has 1 aromatic rings. The highest BCUT2D eigenvalue weighted by Crippen LogP contribution is 2.26. The molecule has 0 saturated carbocycles. The third kappa shape index (κ3) is 6.63. The van der Waals surface area contributed by atoms with Gasteiger partial charge in [0.25, 0.3) is 0 Å². The smallest absolute Gasteiger partial charge is 0.237 e. The second-order valence-corrected chi connectivity index (χ2v) is 7.06. The molecule has 2 N–H and O–H groups in total. The summed E-state index contributed by atoms with van der Waals surface area (Å²) in [7, 11) is -3.55. The van der Waals surface area contributed by atoms with Gasteiger partial charge in [0, 0.05) is 13.0 Å². The normalized spacial score (nSPS) is 12.5. The summed E-state index contributed by atoms with van der Waals surface area (Å²) < 4.78 is 23.6. The fraction of sp³-hybridized carbons (Fsp3) is 0.385. The maximum Gasteiger partial charge on any atom is 0.237 e. The van der Waals surface area contributed by atoms with Crippen molar-refractivity contribution in [1.29, 1.82) is 0 Å². The van der Waals surface area contributed by atoms with E-state index in [-0.39, 0.29) is 24.1 Å². The first-order valence-corrected chi connectivity index (χ1v) is 9.37. The molecular formula is C13H18N2O4S2. The van der Waals surface area contributed by atoms with E-state index in [1.165, 1.54) is 11.8 Å². The monoisotopic (exact) mass is 330 g/mol. The van der Waals surface area contributed by atoms with Crippen molar-refractivity contribution in [1.82, 2.24) is 10.0 Å². The molecule has 0 saturated heterocycles. The molecule has 0 aliphatic carbocycles. The standard InChI is InChI=1S/C13H18N2O4S2/c1-20-12(10-6-4-3-5-7-10)13(17)14-9-8-11(16)15-21(2,18)19/h3-7,12H,8-9H2,1-2H3,(H,14,17)(H,15,16). The first-order chi connectivity index (χ1) is 9.83. The Hall–Kier alpha value is -1.54. The Kier molecular flexibility index (Phi) is 6.70. The molecule has 1 aromatic carbocycles. The van der Waals surface area contributed by atoms with Crippen molar-refractivity contribution in [2.75, 3.05) is 19.1 Å². The van der Waals surface area contributed by atoms with Crippen LogP contribution in [-0.2, 0) is 19.6 Å². The molecule has 0 spiro atoms. The molecule has 1 unspecified atom stereocenters. The SMILES string of the molecule is CSC(C(=O)NCCC(=O)NS(C)(=O)=O)c1ccccc1. The van der Waals surface area contributed by atoms with E-state index in [2.05, 4.69) is 5.32 Å². The summed E-state index contributed by atoms with van der Waals surface area (Å²) in [5.41, 5.74) is 0.878. The fourth-order valence-corrected chi connectivity index (χ4v) is 2.91. The topological polar surface area (TPSA) is 92.3 Å². The highest BCUT2D eigenvalue weighted by atomic mass is 32.2. The average molecular weight is 330 g/mol. The summed E-state index contributed by atoms with van der Waals surface area (Å²) in [6.45, 7) is 0.0874. The lowest BCUT2D eigenvalue weighted by atomic mass is 10.1. The third-order valence-electron chi connectivity index (χ3n) is 2.53. The van der Waals surface area contributed by atoms with E-state index < -0.39 is 15.9 Å². The van der Waals surface area contributed by atoms with Gasteiger partial charge in [-0.2, -0.15) is 0 Å². The highest BCUT2D eigenvalue weighted by molar-refractivity contribution is 7.99. The summed E-state index contributed by atoms with van der Waals surface area (Å²) in [5, 5.41) is 2.28. The number of sulfonamides is 1. The van der Waals surface area contributed by atoms with E-state index in [0.717, 1.165) is 11.8 Å². The van der Waals surface area contributed by atoms with Crippen molar-refractivity contribution in [2.45, 2.75) is 11.7 Å².